The number of anilines is 1. The van der Waals surface area contributed by atoms with E-state index in [0.717, 1.165) is 0 Å². The lowest BCUT2D eigenvalue weighted by atomic mass is 10.2. The van der Waals surface area contributed by atoms with Crippen molar-refractivity contribution >= 4 is 23.4 Å². The number of benzene rings is 1. The third-order valence-corrected chi connectivity index (χ3v) is 4.09. The molecule has 5 nitrogen and oxygen atoms in total. The van der Waals surface area contributed by atoms with Crippen LogP contribution in [0.3, 0.4) is 0 Å². The van der Waals surface area contributed by atoms with Gasteiger partial charge in [0.1, 0.15) is 12.1 Å². The summed E-state index contributed by atoms with van der Waals surface area (Å²) in [5, 5.41) is 10.7. The largest absolute Gasteiger partial charge is 0.325 e. The summed E-state index contributed by atoms with van der Waals surface area (Å²) < 4.78 is 15.3. The molecule has 0 fully saturated rings. The van der Waals surface area contributed by atoms with Crippen molar-refractivity contribution in [3.05, 3.63) is 48.6 Å². The van der Waals surface area contributed by atoms with Crippen molar-refractivity contribution in [3.8, 4) is 0 Å². The van der Waals surface area contributed by atoms with Gasteiger partial charge in [-0.25, -0.2) is 4.39 Å². The molecule has 0 aliphatic rings. The molecule has 116 valence electrons. The summed E-state index contributed by atoms with van der Waals surface area (Å²) >= 11 is 1.29. The molecule has 0 aliphatic heterocycles. The van der Waals surface area contributed by atoms with Gasteiger partial charge in [0, 0.05) is 12.2 Å². The number of carbonyl (C=O) groups is 1. The fourth-order valence-electron chi connectivity index (χ4n) is 1.73. The van der Waals surface area contributed by atoms with Crippen LogP contribution in [-0.4, -0.2) is 25.9 Å². The Hall–Kier alpha value is -2.15. The van der Waals surface area contributed by atoms with Crippen LogP contribution in [0, 0.1) is 12.7 Å². The molecule has 0 bridgehead atoms. The molecule has 0 saturated carbocycles. The van der Waals surface area contributed by atoms with Crippen LogP contribution in [0.1, 0.15) is 12.5 Å². The Balaban J connectivity index is 2.01. The lowest BCUT2D eigenvalue weighted by molar-refractivity contribution is -0.115. The van der Waals surface area contributed by atoms with Gasteiger partial charge < -0.3 is 9.88 Å². The second-order valence-corrected chi connectivity index (χ2v) is 6.08. The molecule has 0 radical (unpaired) electrons. The molecule has 0 saturated heterocycles. The lowest BCUT2D eigenvalue weighted by Crippen LogP contribution is -2.23. The first-order chi connectivity index (χ1) is 10.5. The van der Waals surface area contributed by atoms with E-state index in [1.54, 1.807) is 43.0 Å². The van der Waals surface area contributed by atoms with Gasteiger partial charge in [0.05, 0.1) is 5.25 Å². The Morgan fingerprint density at radius 2 is 2.36 bits per heavy atom. The van der Waals surface area contributed by atoms with Crippen molar-refractivity contribution in [2.75, 3.05) is 5.32 Å². The molecular weight excluding hydrogens is 303 g/mol. The summed E-state index contributed by atoms with van der Waals surface area (Å²) in [4.78, 5) is 12.2. The minimum absolute atomic E-state index is 0.221. The van der Waals surface area contributed by atoms with Gasteiger partial charge in [0.25, 0.3) is 0 Å². The predicted molar refractivity (Wildman–Crippen MR) is 85.3 cm³/mol. The van der Waals surface area contributed by atoms with Crippen molar-refractivity contribution in [2.45, 2.75) is 30.8 Å². The number of halogens is 1. The van der Waals surface area contributed by atoms with Crippen LogP contribution >= 0.6 is 11.8 Å². The summed E-state index contributed by atoms with van der Waals surface area (Å²) in [6.07, 6.45) is 3.32. The Kier molecular flexibility index (Phi) is 5.32. The second kappa shape index (κ2) is 7.22. The monoisotopic (exact) mass is 320 g/mol. The smallest absolute Gasteiger partial charge is 0.237 e. The van der Waals surface area contributed by atoms with Crippen LogP contribution in [0.15, 0.2) is 42.3 Å². The van der Waals surface area contributed by atoms with Gasteiger partial charge in [-0.05, 0) is 31.5 Å². The Bertz CT molecular complexity index is 686. The van der Waals surface area contributed by atoms with Gasteiger partial charge in [0.2, 0.25) is 5.91 Å². The van der Waals surface area contributed by atoms with E-state index in [1.807, 2.05) is 0 Å². The molecule has 0 aliphatic carbocycles. The number of amides is 1. The van der Waals surface area contributed by atoms with Gasteiger partial charge in [-0.15, -0.1) is 16.8 Å². The zero-order valence-electron chi connectivity index (χ0n) is 12.4. The summed E-state index contributed by atoms with van der Waals surface area (Å²) in [6, 6.07) is 4.61. The van der Waals surface area contributed by atoms with Gasteiger partial charge >= 0.3 is 0 Å². The fraction of sp³-hybridized carbons (Fsp3) is 0.267. The Morgan fingerprint density at radius 1 is 1.59 bits per heavy atom. The predicted octanol–water partition coefficient (Wildman–Crippen LogP) is 3.03. The molecule has 1 aromatic carbocycles. The molecule has 7 heteroatoms. The fourth-order valence-corrected chi connectivity index (χ4v) is 2.56. The molecule has 1 aromatic heterocycles. The molecule has 1 heterocycles. The third-order valence-electron chi connectivity index (χ3n) is 3.00. The molecule has 1 amide bonds. The normalized spacial score (nSPS) is 12.0. The maximum atomic E-state index is 13.5. The molecule has 0 spiro atoms. The number of hydrogen-bond donors (Lipinski definition) is 1. The quantitative estimate of drug-likeness (QED) is 0.656. The number of nitrogens with zero attached hydrogens (tertiary/aromatic N) is 3. The third kappa shape index (κ3) is 3.94. The van der Waals surface area contributed by atoms with Crippen molar-refractivity contribution in [2.24, 2.45) is 0 Å². The Labute approximate surface area is 132 Å². The summed E-state index contributed by atoms with van der Waals surface area (Å²) in [7, 11) is 0. The van der Waals surface area contributed by atoms with Crippen molar-refractivity contribution < 1.29 is 9.18 Å². The highest BCUT2D eigenvalue weighted by Gasteiger charge is 2.18. The highest BCUT2D eigenvalue weighted by molar-refractivity contribution is 8.00. The molecule has 1 atom stereocenters. The van der Waals surface area contributed by atoms with E-state index in [0.29, 0.717) is 23.0 Å². The van der Waals surface area contributed by atoms with E-state index in [2.05, 4.69) is 22.1 Å². The lowest BCUT2D eigenvalue weighted by Gasteiger charge is -2.12. The van der Waals surface area contributed by atoms with Crippen LogP contribution in [-0.2, 0) is 11.3 Å². The highest BCUT2D eigenvalue weighted by Crippen LogP contribution is 2.22. The average molecular weight is 320 g/mol. The van der Waals surface area contributed by atoms with Gasteiger partial charge in [-0.3, -0.25) is 4.79 Å². The SMILES string of the molecule is C=CCn1cnnc1S[C@H](C)C(=O)Nc1ccc(C)c(F)c1. The molecule has 2 rings (SSSR count). The summed E-state index contributed by atoms with van der Waals surface area (Å²) in [5.74, 6) is -0.565. The number of allylic oxidation sites excluding steroid dienone is 1. The van der Waals surface area contributed by atoms with Crippen LogP contribution in [0.25, 0.3) is 0 Å². The van der Waals surface area contributed by atoms with Crippen LogP contribution in [0.2, 0.25) is 0 Å². The van der Waals surface area contributed by atoms with Gasteiger partial charge in [-0.2, -0.15) is 0 Å². The van der Waals surface area contributed by atoms with Crippen molar-refractivity contribution in [1.82, 2.24) is 14.8 Å². The van der Waals surface area contributed by atoms with E-state index < -0.39 is 5.25 Å². The molecule has 1 N–H and O–H groups in total. The number of aryl methyl sites for hydroxylation is 1. The number of rotatable bonds is 6. The van der Waals surface area contributed by atoms with E-state index in [9.17, 15) is 9.18 Å². The number of thioether (sulfide) groups is 1. The summed E-state index contributed by atoms with van der Waals surface area (Å²) in [5.41, 5.74) is 0.978. The maximum Gasteiger partial charge on any atom is 0.237 e. The van der Waals surface area contributed by atoms with E-state index in [4.69, 9.17) is 0 Å². The first kappa shape index (κ1) is 16.2. The average Bonchev–Trinajstić information content (AvgIpc) is 2.90. The maximum absolute atomic E-state index is 13.5. The minimum atomic E-state index is -0.392. The molecule has 0 unspecified atom stereocenters. The standard InChI is InChI=1S/C15H17FN4OS/c1-4-7-20-9-17-19-15(20)22-11(3)14(21)18-12-6-5-10(2)13(16)8-12/h4-6,8-9,11H,1,7H2,2-3H3,(H,18,21)/t11-/m1/s1. The van der Waals surface area contributed by atoms with Crippen molar-refractivity contribution in [1.29, 1.82) is 0 Å². The zero-order valence-corrected chi connectivity index (χ0v) is 13.2. The molecule has 2 aromatic rings. The molecular formula is C15H17FN4OS. The first-order valence-electron chi connectivity index (χ1n) is 6.73. The molecule has 22 heavy (non-hydrogen) atoms. The Morgan fingerprint density at radius 3 is 3.05 bits per heavy atom. The van der Waals surface area contributed by atoms with Crippen molar-refractivity contribution in [3.63, 3.8) is 0 Å². The second-order valence-electron chi connectivity index (χ2n) is 4.77. The summed E-state index contributed by atoms with van der Waals surface area (Å²) in [6.45, 7) is 7.67. The van der Waals surface area contributed by atoms with Gasteiger partial charge in [-0.1, -0.05) is 23.9 Å². The van der Waals surface area contributed by atoms with E-state index in [1.165, 1.54) is 17.8 Å². The number of carbonyl (C=O) groups excluding carboxylic acids is 1. The zero-order chi connectivity index (χ0) is 16.1. The number of nitrogens with one attached hydrogen (secondary N) is 1. The van der Waals surface area contributed by atoms with E-state index in [-0.39, 0.29) is 11.7 Å². The number of hydrogen-bond acceptors (Lipinski definition) is 4. The van der Waals surface area contributed by atoms with Crippen LogP contribution in [0.5, 0.6) is 0 Å². The van der Waals surface area contributed by atoms with Crippen LogP contribution < -0.4 is 5.32 Å². The minimum Gasteiger partial charge on any atom is -0.325 e. The van der Waals surface area contributed by atoms with Crippen LogP contribution in [0.4, 0.5) is 10.1 Å². The first-order valence-corrected chi connectivity index (χ1v) is 7.61. The highest BCUT2D eigenvalue weighted by atomic mass is 32.2. The topological polar surface area (TPSA) is 59.8 Å². The number of aromatic nitrogens is 3. The van der Waals surface area contributed by atoms with Gasteiger partial charge in [0.15, 0.2) is 5.16 Å². The van der Waals surface area contributed by atoms with E-state index >= 15 is 0 Å².